The first kappa shape index (κ1) is 15.4. The van der Waals surface area contributed by atoms with Gasteiger partial charge in [-0.05, 0) is 51.2 Å². The zero-order valence-electron chi connectivity index (χ0n) is 12.0. The molecule has 0 aliphatic carbocycles. The van der Waals surface area contributed by atoms with Crippen LogP contribution in [0.1, 0.15) is 46.0 Å². The summed E-state index contributed by atoms with van der Waals surface area (Å²) in [5.41, 5.74) is 5.82. The molecule has 0 radical (unpaired) electrons. The number of amides is 1. The molecule has 4 heteroatoms. The third-order valence-electron chi connectivity index (χ3n) is 3.46. The first-order valence-corrected chi connectivity index (χ1v) is 7.35. The van der Waals surface area contributed by atoms with E-state index in [4.69, 9.17) is 5.73 Å². The predicted molar refractivity (Wildman–Crippen MR) is 75.3 cm³/mol. The standard InChI is InChI=1S/C14H29N3O/c1-12(2)11-13(15)14(18)16-7-6-10-17-8-4-3-5-9-17/h12-13H,3-11,15H2,1-2H3,(H,16,18)/t13-/m1/s1. The van der Waals surface area contributed by atoms with Gasteiger partial charge >= 0.3 is 0 Å². The van der Waals surface area contributed by atoms with Gasteiger partial charge in [-0.1, -0.05) is 20.3 Å². The van der Waals surface area contributed by atoms with Crippen molar-refractivity contribution in [2.75, 3.05) is 26.2 Å². The largest absolute Gasteiger partial charge is 0.355 e. The topological polar surface area (TPSA) is 58.4 Å². The summed E-state index contributed by atoms with van der Waals surface area (Å²) in [5.74, 6) is 0.474. The molecule has 1 saturated heterocycles. The minimum Gasteiger partial charge on any atom is -0.355 e. The number of hydrogen-bond donors (Lipinski definition) is 2. The maximum atomic E-state index is 11.7. The Kier molecular flexibility index (Phi) is 7.28. The number of nitrogens with zero attached hydrogens (tertiary/aromatic N) is 1. The first-order valence-electron chi connectivity index (χ1n) is 7.35. The summed E-state index contributed by atoms with van der Waals surface area (Å²) in [4.78, 5) is 14.2. The van der Waals surface area contributed by atoms with Crippen molar-refractivity contribution >= 4 is 5.91 Å². The summed E-state index contributed by atoms with van der Waals surface area (Å²) < 4.78 is 0. The molecule has 106 valence electrons. The lowest BCUT2D eigenvalue weighted by Gasteiger charge is -2.26. The van der Waals surface area contributed by atoms with Gasteiger partial charge in [0.25, 0.3) is 0 Å². The molecule has 1 rings (SSSR count). The zero-order chi connectivity index (χ0) is 13.4. The van der Waals surface area contributed by atoms with Crippen molar-refractivity contribution in [3.63, 3.8) is 0 Å². The van der Waals surface area contributed by atoms with Gasteiger partial charge in [0.2, 0.25) is 5.91 Å². The summed E-state index contributed by atoms with van der Waals surface area (Å²) in [5, 5.41) is 2.94. The van der Waals surface area contributed by atoms with Gasteiger partial charge in [0.15, 0.2) is 0 Å². The minimum absolute atomic E-state index is 0.00217. The van der Waals surface area contributed by atoms with E-state index in [0.717, 1.165) is 25.9 Å². The summed E-state index contributed by atoms with van der Waals surface area (Å²) in [7, 11) is 0. The average molecular weight is 255 g/mol. The highest BCUT2D eigenvalue weighted by Crippen LogP contribution is 2.08. The molecule has 0 saturated carbocycles. The molecule has 0 bridgehead atoms. The van der Waals surface area contributed by atoms with Gasteiger partial charge in [-0.25, -0.2) is 0 Å². The van der Waals surface area contributed by atoms with E-state index in [1.54, 1.807) is 0 Å². The molecule has 0 unspecified atom stereocenters. The number of rotatable bonds is 7. The van der Waals surface area contributed by atoms with Crippen LogP contribution in [-0.2, 0) is 4.79 Å². The average Bonchev–Trinajstić information content (AvgIpc) is 2.34. The zero-order valence-corrected chi connectivity index (χ0v) is 12.0. The molecule has 4 nitrogen and oxygen atoms in total. The molecule has 1 aliphatic heterocycles. The second-order valence-electron chi connectivity index (χ2n) is 5.78. The number of carbonyl (C=O) groups excluding carboxylic acids is 1. The molecule has 1 amide bonds. The number of piperidine rings is 1. The van der Waals surface area contributed by atoms with E-state index >= 15 is 0 Å². The van der Waals surface area contributed by atoms with Gasteiger partial charge in [-0.15, -0.1) is 0 Å². The molecule has 0 aromatic carbocycles. The van der Waals surface area contributed by atoms with E-state index in [2.05, 4.69) is 24.1 Å². The van der Waals surface area contributed by atoms with Gasteiger partial charge in [0, 0.05) is 6.54 Å². The Morgan fingerprint density at radius 3 is 2.56 bits per heavy atom. The Hall–Kier alpha value is -0.610. The number of carbonyl (C=O) groups is 1. The second kappa shape index (κ2) is 8.48. The molecule has 0 aromatic rings. The van der Waals surface area contributed by atoms with E-state index < -0.39 is 0 Å². The van der Waals surface area contributed by atoms with E-state index in [-0.39, 0.29) is 11.9 Å². The fourth-order valence-electron chi connectivity index (χ4n) is 2.44. The number of likely N-dealkylation sites (tertiary alicyclic amines) is 1. The monoisotopic (exact) mass is 255 g/mol. The molecular formula is C14H29N3O. The third-order valence-corrected chi connectivity index (χ3v) is 3.46. The fourth-order valence-corrected chi connectivity index (χ4v) is 2.44. The van der Waals surface area contributed by atoms with Crippen molar-refractivity contribution in [1.82, 2.24) is 10.2 Å². The van der Waals surface area contributed by atoms with Crippen LogP contribution < -0.4 is 11.1 Å². The van der Waals surface area contributed by atoms with E-state index in [1.807, 2.05) is 0 Å². The van der Waals surface area contributed by atoms with E-state index in [1.165, 1.54) is 32.4 Å². The Bertz CT molecular complexity index is 237. The third kappa shape index (κ3) is 6.36. The van der Waals surface area contributed by atoms with Gasteiger partial charge < -0.3 is 16.0 Å². The van der Waals surface area contributed by atoms with Crippen LogP contribution in [0, 0.1) is 5.92 Å². The van der Waals surface area contributed by atoms with Gasteiger partial charge in [-0.2, -0.15) is 0 Å². The predicted octanol–water partition coefficient (Wildman–Crippen LogP) is 1.35. The van der Waals surface area contributed by atoms with Crippen molar-refractivity contribution in [3.05, 3.63) is 0 Å². The number of hydrogen-bond acceptors (Lipinski definition) is 3. The Morgan fingerprint density at radius 2 is 1.94 bits per heavy atom. The van der Waals surface area contributed by atoms with Crippen molar-refractivity contribution < 1.29 is 4.79 Å². The molecule has 3 N–H and O–H groups in total. The highest BCUT2D eigenvalue weighted by atomic mass is 16.2. The molecule has 0 aromatic heterocycles. The van der Waals surface area contributed by atoms with E-state index in [0.29, 0.717) is 5.92 Å². The molecule has 1 aliphatic rings. The number of nitrogens with one attached hydrogen (secondary N) is 1. The van der Waals surface area contributed by atoms with Crippen molar-refractivity contribution in [1.29, 1.82) is 0 Å². The normalized spacial score (nSPS) is 18.9. The molecule has 1 atom stereocenters. The maximum absolute atomic E-state index is 11.7. The van der Waals surface area contributed by atoms with Gasteiger partial charge in [-0.3, -0.25) is 4.79 Å². The molecule has 0 spiro atoms. The summed E-state index contributed by atoms with van der Waals surface area (Å²) in [6, 6.07) is -0.347. The van der Waals surface area contributed by atoms with Crippen molar-refractivity contribution in [2.45, 2.75) is 52.0 Å². The van der Waals surface area contributed by atoms with E-state index in [9.17, 15) is 4.79 Å². The van der Waals surface area contributed by atoms with Crippen LogP contribution in [0.5, 0.6) is 0 Å². The maximum Gasteiger partial charge on any atom is 0.236 e. The molecule has 1 heterocycles. The SMILES string of the molecule is CC(C)C[C@@H](N)C(=O)NCCCN1CCCCC1. The van der Waals surface area contributed by atoms with Crippen LogP contribution in [0.2, 0.25) is 0 Å². The van der Waals surface area contributed by atoms with Crippen LogP contribution in [0.3, 0.4) is 0 Å². The highest BCUT2D eigenvalue weighted by molar-refractivity contribution is 5.81. The Labute approximate surface area is 111 Å². The van der Waals surface area contributed by atoms with Crippen LogP contribution in [0.15, 0.2) is 0 Å². The summed E-state index contributed by atoms with van der Waals surface area (Å²) in [6.07, 6.45) is 5.81. The smallest absolute Gasteiger partial charge is 0.236 e. The lowest BCUT2D eigenvalue weighted by Crippen LogP contribution is -2.42. The highest BCUT2D eigenvalue weighted by Gasteiger charge is 2.14. The summed E-state index contributed by atoms with van der Waals surface area (Å²) >= 11 is 0. The van der Waals surface area contributed by atoms with Gasteiger partial charge in [0.1, 0.15) is 0 Å². The fraction of sp³-hybridized carbons (Fsp3) is 0.929. The first-order chi connectivity index (χ1) is 8.59. The molecular weight excluding hydrogens is 226 g/mol. The quantitative estimate of drug-likeness (QED) is 0.675. The van der Waals surface area contributed by atoms with Crippen LogP contribution in [0.4, 0.5) is 0 Å². The lowest BCUT2D eigenvalue weighted by molar-refractivity contribution is -0.122. The van der Waals surface area contributed by atoms with Gasteiger partial charge in [0.05, 0.1) is 6.04 Å². The minimum atomic E-state index is -0.347. The van der Waals surface area contributed by atoms with Crippen LogP contribution in [0.25, 0.3) is 0 Å². The molecule has 1 fully saturated rings. The van der Waals surface area contributed by atoms with Crippen molar-refractivity contribution in [2.24, 2.45) is 11.7 Å². The van der Waals surface area contributed by atoms with Crippen molar-refractivity contribution in [3.8, 4) is 0 Å². The second-order valence-corrected chi connectivity index (χ2v) is 5.78. The number of nitrogens with two attached hydrogens (primary N) is 1. The summed E-state index contributed by atoms with van der Waals surface area (Å²) in [6.45, 7) is 8.47. The van der Waals surface area contributed by atoms with Crippen LogP contribution in [-0.4, -0.2) is 43.0 Å². The lowest BCUT2D eigenvalue weighted by atomic mass is 10.0. The molecule has 18 heavy (non-hydrogen) atoms. The Balaban J connectivity index is 2.04. The Morgan fingerprint density at radius 1 is 1.28 bits per heavy atom. The van der Waals surface area contributed by atoms with Crippen LogP contribution >= 0.6 is 0 Å².